The van der Waals surface area contributed by atoms with Crippen LogP contribution in [0.4, 0.5) is 0 Å². The topological polar surface area (TPSA) is 17.1 Å². The minimum Gasteiger partial charge on any atom is -0.300 e. The normalized spacial score (nSPS) is 17.1. The fourth-order valence-electron chi connectivity index (χ4n) is 1.88. The van der Waals surface area contributed by atoms with E-state index in [9.17, 15) is 4.79 Å². The number of Topliss-reactive ketones (excluding diaryl/α,β-unsaturated/α-hetero) is 1. The zero-order valence-corrected chi connectivity index (χ0v) is 11.0. The standard InChI is InChI=1S/C9H18.C5H10O/c1-2-6-9-7-4-3-5-8-9;1-4(2)5(3)6/h9H,2-8H2,1H3;4H,1-3H3. The zero-order chi connectivity index (χ0) is 11.7. The molecule has 0 heterocycles. The van der Waals surface area contributed by atoms with Crippen LogP contribution < -0.4 is 0 Å². The summed E-state index contributed by atoms with van der Waals surface area (Å²) >= 11 is 0. The molecule has 0 unspecified atom stereocenters. The molecule has 15 heavy (non-hydrogen) atoms. The monoisotopic (exact) mass is 212 g/mol. The lowest BCUT2D eigenvalue weighted by Crippen LogP contribution is -2.04. The van der Waals surface area contributed by atoms with Gasteiger partial charge in [0.05, 0.1) is 0 Å². The van der Waals surface area contributed by atoms with Gasteiger partial charge in [-0.1, -0.05) is 65.7 Å². The molecule has 0 amide bonds. The van der Waals surface area contributed by atoms with Gasteiger partial charge in [0.15, 0.2) is 0 Å². The van der Waals surface area contributed by atoms with E-state index in [-0.39, 0.29) is 11.7 Å². The summed E-state index contributed by atoms with van der Waals surface area (Å²) in [5.74, 6) is 1.57. The molecule has 1 aliphatic carbocycles. The highest BCUT2D eigenvalue weighted by molar-refractivity contribution is 5.77. The molecule has 90 valence electrons. The van der Waals surface area contributed by atoms with Crippen molar-refractivity contribution in [3.05, 3.63) is 0 Å². The van der Waals surface area contributed by atoms with Crippen LogP contribution >= 0.6 is 0 Å². The Balaban J connectivity index is 0.000000288. The van der Waals surface area contributed by atoms with Crippen molar-refractivity contribution >= 4 is 5.78 Å². The number of carbonyl (C=O) groups excluding carboxylic acids is 1. The Morgan fingerprint density at radius 3 is 2.00 bits per heavy atom. The predicted molar refractivity (Wildman–Crippen MR) is 67.0 cm³/mol. The Morgan fingerprint density at radius 1 is 1.20 bits per heavy atom. The molecule has 1 aliphatic rings. The number of ketones is 1. The van der Waals surface area contributed by atoms with Crippen LogP contribution in [0.15, 0.2) is 0 Å². The summed E-state index contributed by atoms with van der Waals surface area (Å²) < 4.78 is 0. The fraction of sp³-hybridized carbons (Fsp3) is 0.929. The molecule has 0 radical (unpaired) electrons. The Kier molecular flexibility index (Phi) is 8.74. The second kappa shape index (κ2) is 8.94. The van der Waals surface area contributed by atoms with E-state index >= 15 is 0 Å². The van der Waals surface area contributed by atoms with E-state index in [1.807, 2.05) is 13.8 Å². The van der Waals surface area contributed by atoms with Crippen molar-refractivity contribution in [3.63, 3.8) is 0 Å². The van der Waals surface area contributed by atoms with Crippen LogP contribution in [0.25, 0.3) is 0 Å². The Hall–Kier alpha value is -0.330. The molecular weight excluding hydrogens is 184 g/mol. The van der Waals surface area contributed by atoms with Gasteiger partial charge in [-0.3, -0.25) is 4.79 Å². The minimum absolute atomic E-state index is 0.213. The lowest BCUT2D eigenvalue weighted by Gasteiger charge is -2.20. The fourth-order valence-corrected chi connectivity index (χ4v) is 1.88. The third kappa shape index (κ3) is 8.65. The molecule has 0 bridgehead atoms. The minimum atomic E-state index is 0.213. The van der Waals surface area contributed by atoms with E-state index in [1.165, 1.54) is 44.9 Å². The third-order valence-electron chi connectivity index (χ3n) is 3.23. The average Bonchev–Trinajstić information content (AvgIpc) is 2.20. The van der Waals surface area contributed by atoms with Crippen molar-refractivity contribution in [1.82, 2.24) is 0 Å². The van der Waals surface area contributed by atoms with Gasteiger partial charge in [0, 0.05) is 5.92 Å². The quantitative estimate of drug-likeness (QED) is 0.668. The van der Waals surface area contributed by atoms with Crippen molar-refractivity contribution < 1.29 is 4.79 Å². The first-order valence-corrected chi connectivity index (χ1v) is 6.58. The third-order valence-corrected chi connectivity index (χ3v) is 3.23. The average molecular weight is 212 g/mol. The summed E-state index contributed by atoms with van der Waals surface area (Å²) in [7, 11) is 0. The number of hydrogen-bond donors (Lipinski definition) is 0. The Labute approximate surface area is 95.6 Å². The van der Waals surface area contributed by atoms with Gasteiger partial charge in [0.1, 0.15) is 5.78 Å². The van der Waals surface area contributed by atoms with Crippen molar-refractivity contribution in [2.24, 2.45) is 11.8 Å². The second-order valence-electron chi connectivity index (χ2n) is 5.06. The summed E-state index contributed by atoms with van der Waals surface area (Å²) in [6.07, 6.45) is 10.4. The van der Waals surface area contributed by atoms with Crippen LogP contribution in [0.2, 0.25) is 0 Å². The number of rotatable bonds is 3. The van der Waals surface area contributed by atoms with Gasteiger partial charge in [0.25, 0.3) is 0 Å². The zero-order valence-electron chi connectivity index (χ0n) is 11.0. The van der Waals surface area contributed by atoms with Gasteiger partial charge in [-0.2, -0.15) is 0 Å². The summed E-state index contributed by atoms with van der Waals surface area (Å²) in [5.41, 5.74) is 0. The van der Waals surface area contributed by atoms with Crippen molar-refractivity contribution in [2.45, 2.75) is 72.6 Å². The smallest absolute Gasteiger partial charge is 0.132 e. The maximum absolute atomic E-state index is 10.1. The first-order valence-electron chi connectivity index (χ1n) is 6.58. The molecule has 0 aromatic rings. The summed E-state index contributed by atoms with van der Waals surface area (Å²) in [6, 6.07) is 0. The van der Waals surface area contributed by atoms with Crippen LogP contribution in [0, 0.1) is 11.8 Å². The summed E-state index contributed by atoms with van der Waals surface area (Å²) in [6.45, 7) is 7.68. The molecule has 0 aromatic heterocycles. The van der Waals surface area contributed by atoms with Crippen LogP contribution in [0.3, 0.4) is 0 Å². The Bertz CT molecular complexity index is 152. The molecular formula is C14H28O. The van der Waals surface area contributed by atoms with Gasteiger partial charge >= 0.3 is 0 Å². The number of carbonyl (C=O) groups is 1. The van der Waals surface area contributed by atoms with Crippen molar-refractivity contribution in [1.29, 1.82) is 0 Å². The summed E-state index contributed by atoms with van der Waals surface area (Å²) in [5, 5.41) is 0. The molecule has 0 N–H and O–H groups in total. The van der Waals surface area contributed by atoms with E-state index in [1.54, 1.807) is 6.92 Å². The first kappa shape index (κ1) is 14.7. The molecule has 1 rings (SSSR count). The molecule has 1 nitrogen and oxygen atoms in total. The maximum Gasteiger partial charge on any atom is 0.132 e. The van der Waals surface area contributed by atoms with Gasteiger partial charge < -0.3 is 0 Å². The van der Waals surface area contributed by atoms with Gasteiger partial charge in [-0.05, 0) is 12.8 Å². The molecule has 0 spiro atoms. The van der Waals surface area contributed by atoms with E-state index < -0.39 is 0 Å². The number of hydrogen-bond acceptors (Lipinski definition) is 1. The molecule has 1 heteroatoms. The molecule has 1 saturated carbocycles. The first-order chi connectivity index (χ1) is 7.07. The van der Waals surface area contributed by atoms with Gasteiger partial charge in [0.2, 0.25) is 0 Å². The molecule has 0 aromatic carbocycles. The molecule has 0 aliphatic heterocycles. The van der Waals surface area contributed by atoms with Crippen LogP contribution in [0.1, 0.15) is 72.6 Å². The van der Waals surface area contributed by atoms with Crippen LogP contribution in [0.5, 0.6) is 0 Å². The van der Waals surface area contributed by atoms with Crippen LogP contribution in [-0.2, 0) is 4.79 Å². The molecule has 0 atom stereocenters. The molecule has 0 saturated heterocycles. The lowest BCUT2D eigenvalue weighted by molar-refractivity contribution is -0.119. The predicted octanol–water partition coefficient (Wildman–Crippen LogP) is 4.60. The summed E-state index contributed by atoms with van der Waals surface area (Å²) in [4.78, 5) is 10.1. The van der Waals surface area contributed by atoms with Crippen molar-refractivity contribution in [3.8, 4) is 0 Å². The van der Waals surface area contributed by atoms with Crippen molar-refractivity contribution in [2.75, 3.05) is 0 Å². The highest BCUT2D eigenvalue weighted by Gasteiger charge is 2.10. The lowest BCUT2D eigenvalue weighted by atomic mass is 9.86. The highest BCUT2D eigenvalue weighted by Crippen LogP contribution is 2.26. The van der Waals surface area contributed by atoms with E-state index in [2.05, 4.69) is 6.92 Å². The second-order valence-corrected chi connectivity index (χ2v) is 5.06. The highest BCUT2D eigenvalue weighted by atomic mass is 16.1. The van der Waals surface area contributed by atoms with Gasteiger partial charge in [-0.15, -0.1) is 0 Å². The Morgan fingerprint density at radius 2 is 1.67 bits per heavy atom. The maximum atomic E-state index is 10.1. The largest absolute Gasteiger partial charge is 0.300 e. The van der Waals surface area contributed by atoms with Gasteiger partial charge in [-0.25, -0.2) is 0 Å². The van der Waals surface area contributed by atoms with Crippen LogP contribution in [-0.4, -0.2) is 5.78 Å². The molecule has 1 fully saturated rings. The SMILES string of the molecule is CC(=O)C(C)C.CCCC1CCCCC1. The van der Waals surface area contributed by atoms with E-state index in [0.717, 1.165) is 5.92 Å². The van der Waals surface area contributed by atoms with E-state index in [4.69, 9.17) is 0 Å². The van der Waals surface area contributed by atoms with E-state index in [0.29, 0.717) is 0 Å².